The van der Waals surface area contributed by atoms with Gasteiger partial charge in [0.2, 0.25) is 0 Å². The molecule has 0 spiro atoms. The van der Waals surface area contributed by atoms with Gasteiger partial charge in [0, 0.05) is 51.6 Å². The molecule has 6 unspecified atom stereocenters. The third-order valence-corrected chi connectivity index (χ3v) is 5.56. The molecule has 0 aromatic carbocycles. The fourth-order valence-electron chi connectivity index (χ4n) is 4.15. The van der Waals surface area contributed by atoms with Crippen molar-refractivity contribution in [3.63, 3.8) is 0 Å². The van der Waals surface area contributed by atoms with Crippen LogP contribution in [-0.2, 0) is 38.1 Å². The quantitative estimate of drug-likeness (QED) is 0.167. The Bertz CT molecular complexity index is 519. The van der Waals surface area contributed by atoms with Crippen LogP contribution in [0.2, 0.25) is 0 Å². The third kappa shape index (κ3) is 11.2. The molecule has 0 bridgehead atoms. The molecule has 0 aromatic rings. The first-order chi connectivity index (χ1) is 16.5. The van der Waals surface area contributed by atoms with Crippen LogP contribution < -0.4 is 5.32 Å². The predicted octanol–water partition coefficient (Wildman–Crippen LogP) is 0.925. The highest BCUT2D eigenvalue weighted by atomic mass is 79.9. The molecule has 1 aliphatic rings. The molecule has 0 saturated carbocycles. The molecular weight excluding hydrogens is 526 g/mol. The Morgan fingerprint density at radius 1 is 0.657 bits per heavy atom. The van der Waals surface area contributed by atoms with Crippen LogP contribution in [0, 0.1) is 0 Å². The van der Waals surface area contributed by atoms with Crippen LogP contribution in [0.15, 0.2) is 0 Å². The second-order valence-electron chi connectivity index (χ2n) is 7.81. The van der Waals surface area contributed by atoms with Gasteiger partial charge in [-0.1, -0.05) is 6.42 Å². The summed E-state index contributed by atoms with van der Waals surface area (Å²) in [7, 11) is 0. The van der Waals surface area contributed by atoms with Crippen LogP contribution >= 0.6 is 17.0 Å². The normalized spacial score (nSPS) is 21.5. The van der Waals surface area contributed by atoms with Crippen LogP contribution in [-0.4, -0.2) is 111 Å². The van der Waals surface area contributed by atoms with Crippen molar-refractivity contribution >= 4 is 42.1 Å². The number of nitrogens with one attached hydrogen (secondary N) is 1. The summed E-state index contributed by atoms with van der Waals surface area (Å²) in [5.74, 6) is 0. The Kier molecular flexibility index (Phi) is 19.4. The lowest BCUT2D eigenvalue weighted by Gasteiger charge is -2.40. The van der Waals surface area contributed by atoms with Gasteiger partial charge in [0.25, 0.3) is 0 Å². The molecule has 204 valence electrons. The van der Waals surface area contributed by atoms with Gasteiger partial charge in [-0.3, -0.25) is 19.2 Å². The topological polar surface area (TPSA) is 124 Å². The SMILES string of the molecule is Br.CCOC(C=O)N(CC1CCCC(CN(C(C=O)OCC)C(C=O)OCC)N1)C(C=O)OCC. The number of piperidine rings is 1. The molecular formula is C23H42BrN3O8. The summed E-state index contributed by atoms with van der Waals surface area (Å²) < 4.78 is 22.1. The van der Waals surface area contributed by atoms with E-state index in [-0.39, 0.29) is 29.1 Å². The van der Waals surface area contributed by atoms with Crippen LogP contribution in [0.1, 0.15) is 47.0 Å². The average Bonchev–Trinajstić information content (AvgIpc) is 2.85. The standard InChI is InChI=1S/C23H41N3O8.BrH/c1-5-31-20(14-27)25(21(15-28)32-6-2)12-18-10-9-11-19(24-18)13-26(22(16-29)33-7-3)23(17-30)34-8-4;/h14-24H,5-13H2,1-4H3;1H. The van der Waals surface area contributed by atoms with Gasteiger partial charge in [0.15, 0.2) is 50.1 Å². The lowest BCUT2D eigenvalue weighted by molar-refractivity contribution is -0.166. The first-order valence-corrected chi connectivity index (χ1v) is 12.1. The Morgan fingerprint density at radius 3 is 1.17 bits per heavy atom. The number of aldehydes is 4. The van der Waals surface area contributed by atoms with E-state index in [0.717, 1.165) is 19.3 Å². The Morgan fingerprint density at radius 2 is 0.943 bits per heavy atom. The van der Waals surface area contributed by atoms with Crippen LogP contribution in [0.3, 0.4) is 0 Å². The molecule has 0 amide bonds. The van der Waals surface area contributed by atoms with Crippen LogP contribution in [0.4, 0.5) is 0 Å². The second-order valence-corrected chi connectivity index (χ2v) is 7.81. The number of ether oxygens (including phenoxy) is 4. The van der Waals surface area contributed by atoms with Gasteiger partial charge in [-0.2, -0.15) is 0 Å². The maximum atomic E-state index is 11.7. The van der Waals surface area contributed by atoms with Gasteiger partial charge in [0.05, 0.1) is 0 Å². The van der Waals surface area contributed by atoms with Crippen LogP contribution in [0.25, 0.3) is 0 Å². The highest BCUT2D eigenvalue weighted by molar-refractivity contribution is 8.93. The Labute approximate surface area is 218 Å². The maximum Gasteiger partial charge on any atom is 0.169 e. The van der Waals surface area contributed by atoms with E-state index in [1.165, 1.54) is 0 Å². The molecule has 0 aliphatic carbocycles. The Hall–Kier alpha value is -1.12. The highest BCUT2D eigenvalue weighted by Gasteiger charge is 2.34. The second kappa shape index (κ2) is 20.0. The van der Waals surface area contributed by atoms with Gasteiger partial charge in [-0.05, 0) is 40.5 Å². The van der Waals surface area contributed by atoms with E-state index < -0.39 is 24.9 Å². The molecule has 1 saturated heterocycles. The molecule has 0 aromatic heterocycles. The summed E-state index contributed by atoms with van der Waals surface area (Å²) in [5, 5.41) is 3.53. The summed E-state index contributed by atoms with van der Waals surface area (Å²) in [6.07, 6.45) is 1.49. The predicted molar refractivity (Wildman–Crippen MR) is 134 cm³/mol. The summed E-state index contributed by atoms with van der Waals surface area (Å²) in [4.78, 5) is 50.0. The summed E-state index contributed by atoms with van der Waals surface area (Å²) in [5.41, 5.74) is 0. The molecule has 12 heteroatoms. The smallest absolute Gasteiger partial charge is 0.169 e. The van der Waals surface area contributed by atoms with Gasteiger partial charge >= 0.3 is 0 Å². The number of halogens is 1. The van der Waals surface area contributed by atoms with E-state index in [1.54, 1.807) is 37.5 Å². The maximum absolute atomic E-state index is 11.7. The van der Waals surface area contributed by atoms with Crippen molar-refractivity contribution in [1.29, 1.82) is 0 Å². The number of nitrogens with zero attached hydrogens (tertiary/aromatic N) is 2. The number of carbonyl (C=O) groups is 4. The molecule has 1 N–H and O–H groups in total. The average molecular weight is 569 g/mol. The van der Waals surface area contributed by atoms with E-state index in [2.05, 4.69) is 5.32 Å². The molecule has 1 rings (SSSR count). The highest BCUT2D eigenvalue weighted by Crippen LogP contribution is 2.19. The number of rotatable bonds is 20. The molecule has 35 heavy (non-hydrogen) atoms. The Balaban J connectivity index is 0.0000116. The van der Waals surface area contributed by atoms with E-state index in [0.29, 0.717) is 64.7 Å². The van der Waals surface area contributed by atoms with Crippen molar-refractivity contribution in [2.75, 3.05) is 39.5 Å². The van der Waals surface area contributed by atoms with Crippen molar-refractivity contribution in [1.82, 2.24) is 15.1 Å². The van der Waals surface area contributed by atoms with Crippen molar-refractivity contribution in [3.8, 4) is 0 Å². The van der Waals surface area contributed by atoms with E-state index in [4.69, 9.17) is 18.9 Å². The minimum Gasteiger partial charge on any atom is -0.356 e. The zero-order valence-electron chi connectivity index (χ0n) is 21.2. The first kappa shape index (κ1) is 33.9. The zero-order chi connectivity index (χ0) is 25.3. The molecule has 0 radical (unpaired) electrons. The third-order valence-electron chi connectivity index (χ3n) is 5.56. The summed E-state index contributed by atoms with van der Waals surface area (Å²) in [6.45, 7) is 9.02. The van der Waals surface area contributed by atoms with Gasteiger partial charge in [-0.25, -0.2) is 9.80 Å². The zero-order valence-corrected chi connectivity index (χ0v) is 22.9. The summed E-state index contributed by atoms with van der Waals surface area (Å²) in [6, 6.07) is -0.148. The van der Waals surface area contributed by atoms with E-state index in [1.807, 2.05) is 0 Å². The van der Waals surface area contributed by atoms with Crippen molar-refractivity contribution in [2.24, 2.45) is 0 Å². The first-order valence-electron chi connectivity index (χ1n) is 12.1. The monoisotopic (exact) mass is 567 g/mol. The molecule has 11 nitrogen and oxygen atoms in total. The number of carbonyl (C=O) groups excluding carboxylic acids is 4. The fraction of sp³-hybridized carbons (Fsp3) is 0.826. The van der Waals surface area contributed by atoms with E-state index >= 15 is 0 Å². The van der Waals surface area contributed by atoms with Gasteiger partial charge in [-0.15, -0.1) is 17.0 Å². The van der Waals surface area contributed by atoms with Crippen molar-refractivity contribution in [3.05, 3.63) is 0 Å². The minimum atomic E-state index is -0.916. The molecule has 1 heterocycles. The number of hydrogen-bond acceptors (Lipinski definition) is 11. The summed E-state index contributed by atoms with van der Waals surface area (Å²) >= 11 is 0. The minimum absolute atomic E-state index is 0. The molecule has 1 aliphatic heterocycles. The lowest BCUT2D eigenvalue weighted by atomic mass is 9.97. The number of hydrogen-bond donors (Lipinski definition) is 1. The molecule has 6 atom stereocenters. The van der Waals surface area contributed by atoms with Crippen LogP contribution in [0.5, 0.6) is 0 Å². The van der Waals surface area contributed by atoms with Gasteiger partial charge in [0.1, 0.15) is 0 Å². The van der Waals surface area contributed by atoms with Gasteiger partial charge < -0.3 is 24.3 Å². The van der Waals surface area contributed by atoms with E-state index in [9.17, 15) is 19.2 Å². The molecule has 1 fully saturated rings. The lowest BCUT2D eigenvalue weighted by Crippen LogP contribution is -2.59. The van der Waals surface area contributed by atoms with Crippen molar-refractivity contribution in [2.45, 2.75) is 84.0 Å². The fourth-order valence-corrected chi connectivity index (χ4v) is 4.15. The largest absolute Gasteiger partial charge is 0.356 e. The van der Waals surface area contributed by atoms with Crippen molar-refractivity contribution < 1.29 is 38.1 Å².